The molecule has 5 heteroatoms. The highest BCUT2D eigenvalue weighted by molar-refractivity contribution is 7.99. The maximum atomic E-state index is 13.8. The molecule has 4 nitrogen and oxygen atoms in total. The van der Waals surface area contributed by atoms with E-state index < -0.39 is 11.6 Å². The van der Waals surface area contributed by atoms with Gasteiger partial charge in [0, 0.05) is 24.3 Å². The molecule has 3 rings (SSSR count). The summed E-state index contributed by atoms with van der Waals surface area (Å²) in [6.45, 7) is 10.4. The SMILES string of the molecule is Cc1ccccc1CSCC(=O)N(Cc1ccccc1C)[C@H](Cc1ccccc1)C(=O)NC(C)(C)C. The first kappa shape index (κ1) is 27.5. The average Bonchev–Trinajstić information content (AvgIpc) is 2.83. The van der Waals surface area contributed by atoms with E-state index in [0.29, 0.717) is 18.7 Å². The van der Waals surface area contributed by atoms with Crippen LogP contribution >= 0.6 is 11.8 Å². The predicted octanol–water partition coefficient (Wildman–Crippen LogP) is 6.09. The zero-order valence-electron chi connectivity index (χ0n) is 22.1. The van der Waals surface area contributed by atoms with Crippen molar-refractivity contribution < 1.29 is 9.59 Å². The van der Waals surface area contributed by atoms with Crippen molar-refractivity contribution in [3.05, 3.63) is 107 Å². The van der Waals surface area contributed by atoms with Crippen molar-refractivity contribution in [2.24, 2.45) is 0 Å². The van der Waals surface area contributed by atoms with Crippen LogP contribution in [0, 0.1) is 13.8 Å². The maximum Gasteiger partial charge on any atom is 0.243 e. The summed E-state index contributed by atoms with van der Waals surface area (Å²) in [5.41, 5.74) is 5.24. The molecule has 0 aliphatic heterocycles. The summed E-state index contributed by atoms with van der Waals surface area (Å²) in [6.07, 6.45) is 0.461. The molecule has 0 aromatic heterocycles. The second kappa shape index (κ2) is 12.8. The molecule has 0 spiro atoms. The molecule has 0 bridgehead atoms. The number of rotatable bonds is 10. The Bertz CT molecular complexity index is 1150. The number of hydrogen-bond acceptors (Lipinski definition) is 3. The van der Waals surface area contributed by atoms with Gasteiger partial charge in [-0.15, -0.1) is 11.8 Å². The van der Waals surface area contributed by atoms with Crippen LogP contribution in [-0.2, 0) is 28.3 Å². The Morgan fingerprint density at radius 2 is 1.39 bits per heavy atom. The lowest BCUT2D eigenvalue weighted by Crippen LogP contribution is -2.54. The van der Waals surface area contributed by atoms with Gasteiger partial charge in [-0.25, -0.2) is 0 Å². The molecule has 0 radical (unpaired) electrons. The number of benzene rings is 3. The number of amides is 2. The average molecular weight is 503 g/mol. The van der Waals surface area contributed by atoms with Gasteiger partial charge in [0.15, 0.2) is 0 Å². The Hall–Kier alpha value is -3.05. The molecule has 3 aromatic rings. The summed E-state index contributed by atoms with van der Waals surface area (Å²) in [4.78, 5) is 29.2. The van der Waals surface area contributed by atoms with Gasteiger partial charge in [0.25, 0.3) is 0 Å². The molecule has 0 saturated heterocycles. The fourth-order valence-corrected chi connectivity index (χ4v) is 5.07. The minimum atomic E-state index is -0.613. The van der Waals surface area contributed by atoms with Crippen molar-refractivity contribution in [3.63, 3.8) is 0 Å². The number of thioether (sulfide) groups is 1. The first-order valence-electron chi connectivity index (χ1n) is 12.5. The normalized spacial score (nSPS) is 12.1. The topological polar surface area (TPSA) is 49.4 Å². The zero-order valence-corrected chi connectivity index (χ0v) is 22.9. The van der Waals surface area contributed by atoms with Gasteiger partial charge >= 0.3 is 0 Å². The molecular formula is C31H38N2O2S. The lowest BCUT2D eigenvalue weighted by molar-refractivity contribution is -0.140. The Morgan fingerprint density at radius 3 is 1.97 bits per heavy atom. The molecule has 3 aromatic carbocycles. The van der Waals surface area contributed by atoms with Crippen molar-refractivity contribution in [3.8, 4) is 0 Å². The fraction of sp³-hybridized carbons (Fsp3) is 0.355. The Balaban J connectivity index is 1.89. The van der Waals surface area contributed by atoms with Crippen LogP contribution in [0.3, 0.4) is 0 Å². The van der Waals surface area contributed by atoms with E-state index in [2.05, 4.69) is 24.4 Å². The standard InChI is InChI=1S/C31H38N2O2S/c1-23-13-9-11-17-26(23)20-33(29(34)22-36-21-27-18-12-10-14-24(27)2)28(30(35)32-31(3,4)5)19-25-15-7-6-8-16-25/h6-18,28H,19-22H2,1-5H3,(H,32,35)/t28-/m1/s1. The van der Waals surface area contributed by atoms with E-state index in [1.54, 1.807) is 16.7 Å². The van der Waals surface area contributed by atoms with E-state index in [9.17, 15) is 9.59 Å². The largest absolute Gasteiger partial charge is 0.350 e. The van der Waals surface area contributed by atoms with Gasteiger partial charge in [-0.05, 0) is 62.4 Å². The monoisotopic (exact) mass is 502 g/mol. The summed E-state index contributed by atoms with van der Waals surface area (Å²) >= 11 is 1.60. The molecule has 1 N–H and O–H groups in total. The molecule has 0 heterocycles. The highest BCUT2D eigenvalue weighted by atomic mass is 32.2. The highest BCUT2D eigenvalue weighted by Crippen LogP contribution is 2.21. The molecule has 0 saturated carbocycles. The van der Waals surface area contributed by atoms with Crippen molar-refractivity contribution in [2.75, 3.05) is 5.75 Å². The van der Waals surface area contributed by atoms with Crippen molar-refractivity contribution >= 4 is 23.6 Å². The molecule has 190 valence electrons. The van der Waals surface area contributed by atoms with Gasteiger partial charge in [0.05, 0.1) is 5.75 Å². The van der Waals surface area contributed by atoms with Gasteiger partial charge in [-0.1, -0.05) is 78.9 Å². The number of nitrogens with zero attached hydrogens (tertiary/aromatic N) is 1. The summed E-state index contributed by atoms with van der Waals surface area (Å²) in [6, 6.07) is 25.6. The van der Waals surface area contributed by atoms with Crippen molar-refractivity contribution in [1.82, 2.24) is 10.2 Å². The summed E-state index contributed by atoms with van der Waals surface area (Å²) in [7, 11) is 0. The number of carbonyl (C=O) groups is 2. The molecule has 0 unspecified atom stereocenters. The van der Waals surface area contributed by atoms with Crippen LogP contribution in [0.15, 0.2) is 78.9 Å². The van der Waals surface area contributed by atoms with Crippen LogP contribution < -0.4 is 5.32 Å². The molecule has 0 aliphatic rings. The minimum absolute atomic E-state index is 0.0261. The van der Waals surface area contributed by atoms with E-state index in [1.165, 1.54) is 11.1 Å². The number of hydrogen-bond donors (Lipinski definition) is 1. The number of nitrogens with one attached hydrogen (secondary N) is 1. The van der Waals surface area contributed by atoms with Gasteiger partial charge in [0.2, 0.25) is 11.8 Å². The summed E-state index contributed by atoms with van der Waals surface area (Å²) in [5, 5.41) is 3.13. The van der Waals surface area contributed by atoms with Gasteiger partial charge in [0.1, 0.15) is 6.04 Å². The molecule has 0 fully saturated rings. The van der Waals surface area contributed by atoms with Crippen LogP contribution in [0.4, 0.5) is 0 Å². The van der Waals surface area contributed by atoms with Gasteiger partial charge in [-0.3, -0.25) is 9.59 Å². The summed E-state index contributed by atoms with van der Waals surface area (Å²) < 4.78 is 0. The van der Waals surface area contributed by atoms with Crippen LogP contribution in [0.1, 0.15) is 48.6 Å². The molecular weight excluding hydrogens is 464 g/mol. The third kappa shape index (κ3) is 8.27. The van der Waals surface area contributed by atoms with Gasteiger partial charge < -0.3 is 10.2 Å². The third-order valence-corrected chi connectivity index (χ3v) is 7.08. The zero-order chi connectivity index (χ0) is 26.1. The molecule has 0 aliphatic carbocycles. The van der Waals surface area contributed by atoms with E-state index in [1.807, 2.05) is 94.4 Å². The number of aryl methyl sites for hydroxylation is 2. The van der Waals surface area contributed by atoms with E-state index in [0.717, 1.165) is 22.4 Å². The van der Waals surface area contributed by atoms with E-state index in [-0.39, 0.29) is 11.8 Å². The van der Waals surface area contributed by atoms with Crippen molar-refractivity contribution in [1.29, 1.82) is 0 Å². The van der Waals surface area contributed by atoms with E-state index in [4.69, 9.17) is 0 Å². The van der Waals surface area contributed by atoms with Crippen LogP contribution in [0.25, 0.3) is 0 Å². The Kier molecular flexibility index (Phi) is 9.77. The lowest BCUT2D eigenvalue weighted by atomic mass is 10.00. The third-order valence-electron chi connectivity index (χ3n) is 6.12. The Labute approximate surface area is 220 Å². The second-order valence-electron chi connectivity index (χ2n) is 10.3. The first-order valence-corrected chi connectivity index (χ1v) is 13.6. The number of carbonyl (C=O) groups excluding carboxylic acids is 2. The highest BCUT2D eigenvalue weighted by Gasteiger charge is 2.32. The lowest BCUT2D eigenvalue weighted by Gasteiger charge is -2.34. The van der Waals surface area contributed by atoms with Crippen LogP contribution in [0.2, 0.25) is 0 Å². The quantitative estimate of drug-likeness (QED) is 0.365. The smallest absolute Gasteiger partial charge is 0.243 e. The van der Waals surface area contributed by atoms with Crippen LogP contribution in [0.5, 0.6) is 0 Å². The molecule has 1 atom stereocenters. The second-order valence-corrected chi connectivity index (χ2v) is 11.3. The summed E-state index contributed by atoms with van der Waals surface area (Å²) in [5.74, 6) is 0.918. The fourth-order valence-electron chi connectivity index (χ4n) is 4.08. The van der Waals surface area contributed by atoms with E-state index >= 15 is 0 Å². The Morgan fingerprint density at radius 1 is 0.833 bits per heavy atom. The predicted molar refractivity (Wildman–Crippen MR) is 151 cm³/mol. The minimum Gasteiger partial charge on any atom is -0.350 e. The molecule has 2 amide bonds. The van der Waals surface area contributed by atoms with Crippen molar-refractivity contribution in [2.45, 2.75) is 64.9 Å². The van der Waals surface area contributed by atoms with Gasteiger partial charge in [-0.2, -0.15) is 0 Å². The van der Waals surface area contributed by atoms with Crippen LogP contribution in [-0.4, -0.2) is 34.0 Å². The first-order chi connectivity index (χ1) is 17.1. The molecule has 36 heavy (non-hydrogen) atoms. The maximum absolute atomic E-state index is 13.8.